The second kappa shape index (κ2) is 5.82. The van der Waals surface area contributed by atoms with Gasteiger partial charge >= 0.3 is 5.97 Å². The van der Waals surface area contributed by atoms with Gasteiger partial charge in [0.15, 0.2) is 6.61 Å². The number of rotatable bonds is 4. The second-order valence-corrected chi connectivity index (χ2v) is 5.20. The van der Waals surface area contributed by atoms with Crippen molar-refractivity contribution in [3.63, 3.8) is 0 Å². The quantitative estimate of drug-likeness (QED) is 0.668. The first kappa shape index (κ1) is 14.4. The van der Waals surface area contributed by atoms with Crippen molar-refractivity contribution in [2.45, 2.75) is 26.4 Å². The molecule has 0 aliphatic rings. The van der Waals surface area contributed by atoms with Crippen LogP contribution in [0.15, 0.2) is 24.3 Å². The third kappa shape index (κ3) is 5.14. The van der Waals surface area contributed by atoms with Crippen LogP contribution in [0.5, 0.6) is 5.75 Å². The summed E-state index contributed by atoms with van der Waals surface area (Å²) in [5.41, 5.74) is 5.73. The lowest BCUT2D eigenvalue weighted by atomic mass is 10.2. The zero-order chi connectivity index (χ0) is 13.8. The maximum absolute atomic E-state index is 11.4. The van der Waals surface area contributed by atoms with Crippen LogP contribution in [-0.4, -0.2) is 23.2 Å². The fourth-order valence-electron chi connectivity index (χ4n) is 1.23. The fraction of sp³-hybridized carbons (Fsp3) is 0.385. The van der Waals surface area contributed by atoms with Gasteiger partial charge in [-0.25, -0.2) is 4.79 Å². The SMILES string of the molecule is CC(C)(C)OC(=O)COc1ccc(C(N)=S)cc1. The van der Waals surface area contributed by atoms with E-state index in [1.807, 2.05) is 20.8 Å². The van der Waals surface area contributed by atoms with Crippen LogP contribution in [0.1, 0.15) is 26.3 Å². The van der Waals surface area contributed by atoms with Crippen LogP contribution in [0.3, 0.4) is 0 Å². The molecule has 0 amide bonds. The monoisotopic (exact) mass is 267 g/mol. The first-order valence-electron chi connectivity index (χ1n) is 5.52. The number of hydrogen-bond acceptors (Lipinski definition) is 4. The van der Waals surface area contributed by atoms with Gasteiger partial charge in [-0.05, 0) is 45.0 Å². The van der Waals surface area contributed by atoms with Gasteiger partial charge in [-0.2, -0.15) is 0 Å². The predicted octanol–water partition coefficient (Wildman–Crippen LogP) is 2.04. The van der Waals surface area contributed by atoms with Crippen molar-refractivity contribution >= 4 is 23.2 Å². The first-order valence-corrected chi connectivity index (χ1v) is 5.93. The standard InChI is InChI=1S/C13H17NO3S/c1-13(2,3)17-11(15)8-16-10-6-4-9(5-7-10)12(14)18/h4-7H,8H2,1-3H3,(H2,14,18). The molecule has 4 nitrogen and oxygen atoms in total. The van der Waals surface area contributed by atoms with Crippen LogP contribution in [0.25, 0.3) is 0 Å². The maximum Gasteiger partial charge on any atom is 0.344 e. The molecule has 0 heterocycles. The van der Waals surface area contributed by atoms with E-state index in [9.17, 15) is 4.79 Å². The molecule has 0 bridgehead atoms. The number of hydrogen-bond donors (Lipinski definition) is 1. The Bertz CT molecular complexity index is 435. The molecule has 0 fully saturated rings. The third-order valence-electron chi connectivity index (χ3n) is 1.92. The van der Waals surface area contributed by atoms with Gasteiger partial charge in [-0.3, -0.25) is 0 Å². The molecular weight excluding hydrogens is 250 g/mol. The number of ether oxygens (including phenoxy) is 2. The molecule has 98 valence electrons. The average Bonchev–Trinajstić information content (AvgIpc) is 2.24. The summed E-state index contributed by atoms with van der Waals surface area (Å²) in [5, 5.41) is 0. The number of esters is 1. The van der Waals surface area contributed by atoms with Gasteiger partial charge in [-0.15, -0.1) is 0 Å². The summed E-state index contributed by atoms with van der Waals surface area (Å²) in [6, 6.07) is 6.90. The van der Waals surface area contributed by atoms with Crippen molar-refractivity contribution in [1.82, 2.24) is 0 Å². The Balaban J connectivity index is 2.49. The molecule has 0 saturated heterocycles. The van der Waals surface area contributed by atoms with E-state index in [1.54, 1.807) is 24.3 Å². The minimum Gasteiger partial charge on any atom is -0.482 e. The third-order valence-corrected chi connectivity index (χ3v) is 2.15. The van der Waals surface area contributed by atoms with Gasteiger partial charge in [0.2, 0.25) is 0 Å². The van der Waals surface area contributed by atoms with Crippen molar-refractivity contribution in [3.05, 3.63) is 29.8 Å². The van der Waals surface area contributed by atoms with Crippen LogP contribution >= 0.6 is 12.2 Å². The largest absolute Gasteiger partial charge is 0.482 e. The number of benzene rings is 1. The van der Waals surface area contributed by atoms with Gasteiger partial charge in [0.1, 0.15) is 16.3 Å². The summed E-state index contributed by atoms with van der Waals surface area (Å²) in [5.74, 6) is 0.168. The van der Waals surface area contributed by atoms with E-state index in [0.717, 1.165) is 5.56 Å². The van der Waals surface area contributed by atoms with Crippen LogP contribution in [-0.2, 0) is 9.53 Å². The van der Waals surface area contributed by atoms with Crippen LogP contribution in [0.2, 0.25) is 0 Å². The summed E-state index contributed by atoms with van der Waals surface area (Å²) in [6.45, 7) is 5.30. The van der Waals surface area contributed by atoms with E-state index in [4.69, 9.17) is 27.4 Å². The van der Waals surface area contributed by atoms with Crippen LogP contribution in [0.4, 0.5) is 0 Å². The Morgan fingerprint density at radius 2 is 1.83 bits per heavy atom. The van der Waals surface area contributed by atoms with Crippen molar-refractivity contribution in [2.24, 2.45) is 5.73 Å². The fourth-order valence-corrected chi connectivity index (χ4v) is 1.36. The molecule has 5 heteroatoms. The normalized spacial score (nSPS) is 10.8. The lowest BCUT2D eigenvalue weighted by Gasteiger charge is -2.19. The molecule has 0 radical (unpaired) electrons. The molecule has 0 unspecified atom stereocenters. The topological polar surface area (TPSA) is 61.5 Å². The minimum absolute atomic E-state index is 0.121. The van der Waals surface area contributed by atoms with E-state index in [-0.39, 0.29) is 6.61 Å². The zero-order valence-corrected chi connectivity index (χ0v) is 11.5. The summed E-state index contributed by atoms with van der Waals surface area (Å²) < 4.78 is 10.4. The highest BCUT2D eigenvalue weighted by atomic mass is 32.1. The zero-order valence-electron chi connectivity index (χ0n) is 10.7. The molecule has 0 saturated carbocycles. The van der Waals surface area contributed by atoms with Gasteiger partial charge < -0.3 is 15.2 Å². The van der Waals surface area contributed by atoms with E-state index in [1.165, 1.54) is 0 Å². The number of thiocarbonyl (C=S) groups is 1. The summed E-state index contributed by atoms with van der Waals surface area (Å²) in [7, 11) is 0. The molecule has 0 aromatic heterocycles. The first-order chi connectivity index (χ1) is 8.28. The molecule has 1 aromatic carbocycles. The van der Waals surface area contributed by atoms with Crippen LogP contribution < -0.4 is 10.5 Å². The maximum atomic E-state index is 11.4. The summed E-state index contributed by atoms with van der Waals surface area (Å²) in [4.78, 5) is 11.7. The number of carbonyl (C=O) groups excluding carboxylic acids is 1. The Kier molecular flexibility index (Phi) is 4.67. The average molecular weight is 267 g/mol. The van der Waals surface area contributed by atoms with Crippen LogP contribution in [0, 0.1) is 0 Å². The molecule has 0 aliphatic heterocycles. The molecule has 2 N–H and O–H groups in total. The summed E-state index contributed by atoms with van der Waals surface area (Å²) >= 11 is 4.83. The lowest BCUT2D eigenvalue weighted by Crippen LogP contribution is -2.27. The van der Waals surface area contributed by atoms with E-state index < -0.39 is 11.6 Å². The van der Waals surface area contributed by atoms with Crippen molar-refractivity contribution in [1.29, 1.82) is 0 Å². The second-order valence-electron chi connectivity index (χ2n) is 4.76. The number of nitrogens with two attached hydrogens (primary N) is 1. The van der Waals surface area contributed by atoms with E-state index in [0.29, 0.717) is 10.7 Å². The number of carbonyl (C=O) groups is 1. The molecular formula is C13H17NO3S. The Morgan fingerprint density at radius 1 is 1.28 bits per heavy atom. The lowest BCUT2D eigenvalue weighted by molar-refractivity contribution is -0.157. The Morgan fingerprint density at radius 3 is 2.28 bits per heavy atom. The molecule has 0 aliphatic carbocycles. The van der Waals surface area contributed by atoms with E-state index in [2.05, 4.69) is 0 Å². The van der Waals surface area contributed by atoms with Gasteiger partial charge in [0.05, 0.1) is 0 Å². The van der Waals surface area contributed by atoms with Gasteiger partial charge in [-0.1, -0.05) is 12.2 Å². The predicted molar refractivity (Wildman–Crippen MR) is 73.7 cm³/mol. The highest BCUT2D eigenvalue weighted by molar-refractivity contribution is 7.80. The van der Waals surface area contributed by atoms with Gasteiger partial charge in [0.25, 0.3) is 0 Å². The van der Waals surface area contributed by atoms with Gasteiger partial charge in [0, 0.05) is 5.56 Å². The Hall–Kier alpha value is -1.62. The highest BCUT2D eigenvalue weighted by Gasteiger charge is 2.16. The molecule has 18 heavy (non-hydrogen) atoms. The highest BCUT2D eigenvalue weighted by Crippen LogP contribution is 2.13. The minimum atomic E-state index is -0.504. The van der Waals surface area contributed by atoms with E-state index >= 15 is 0 Å². The van der Waals surface area contributed by atoms with Crippen molar-refractivity contribution < 1.29 is 14.3 Å². The van der Waals surface area contributed by atoms with Crippen molar-refractivity contribution in [3.8, 4) is 5.75 Å². The molecule has 0 atom stereocenters. The molecule has 1 aromatic rings. The summed E-state index contributed by atoms with van der Waals surface area (Å²) in [6.07, 6.45) is 0. The molecule has 0 spiro atoms. The van der Waals surface area contributed by atoms with Crippen molar-refractivity contribution in [2.75, 3.05) is 6.61 Å². The smallest absolute Gasteiger partial charge is 0.344 e. The Labute approximate surface area is 112 Å². The molecule has 1 rings (SSSR count).